The minimum Gasteiger partial charge on any atom is -0.319 e. The summed E-state index contributed by atoms with van der Waals surface area (Å²) in [5.74, 6) is -0.169. The Labute approximate surface area is 156 Å². The average molecular weight is 378 g/mol. The SMILES string of the molecule is O=C(Cn1nc(-n2ccc3ccccc32)ccc1=O)Nc1c[nH]c(=O)[nH]c1=O. The topological polar surface area (TPSA) is 135 Å². The molecule has 1 amide bonds. The van der Waals surface area contributed by atoms with E-state index in [1.807, 2.05) is 41.5 Å². The molecule has 0 saturated carbocycles. The maximum absolute atomic E-state index is 12.2. The Balaban J connectivity index is 1.62. The fourth-order valence-electron chi connectivity index (χ4n) is 2.79. The number of carbonyl (C=O) groups excluding carboxylic acids is 1. The van der Waals surface area contributed by atoms with Crippen molar-refractivity contribution in [1.82, 2.24) is 24.3 Å². The lowest BCUT2D eigenvalue weighted by molar-refractivity contribution is -0.117. The summed E-state index contributed by atoms with van der Waals surface area (Å²) < 4.78 is 2.80. The van der Waals surface area contributed by atoms with E-state index < -0.39 is 29.3 Å². The predicted octanol–water partition coefficient (Wildman–Crippen LogP) is 0.202. The second-order valence-corrected chi connectivity index (χ2v) is 5.97. The molecule has 4 rings (SSSR count). The van der Waals surface area contributed by atoms with Crippen LogP contribution in [0.15, 0.2) is 69.2 Å². The summed E-state index contributed by atoms with van der Waals surface area (Å²) in [6, 6.07) is 12.5. The van der Waals surface area contributed by atoms with Gasteiger partial charge in [0.05, 0.1) is 5.52 Å². The molecule has 28 heavy (non-hydrogen) atoms. The van der Waals surface area contributed by atoms with Gasteiger partial charge in [-0.2, -0.15) is 5.10 Å². The van der Waals surface area contributed by atoms with Gasteiger partial charge in [-0.15, -0.1) is 0 Å². The molecular weight excluding hydrogens is 364 g/mol. The highest BCUT2D eigenvalue weighted by Gasteiger charge is 2.11. The molecule has 0 atom stereocenters. The van der Waals surface area contributed by atoms with Crippen molar-refractivity contribution in [3.63, 3.8) is 0 Å². The Kier molecular flexibility index (Phi) is 4.20. The van der Waals surface area contributed by atoms with Crippen LogP contribution in [0.2, 0.25) is 0 Å². The van der Waals surface area contributed by atoms with Gasteiger partial charge in [-0.3, -0.25) is 23.9 Å². The van der Waals surface area contributed by atoms with E-state index in [0.29, 0.717) is 5.82 Å². The van der Waals surface area contributed by atoms with Gasteiger partial charge in [0.2, 0.25) is 5.91 Å². The molecule has 140 valence electrons. The maximum atomic E-state index is 12.2. The standard InChI is InChI=1S/C18H14N6O4/c25-15(20-12-9-19-18(28)21-17(12)27)10-24-16(26)6-5-14(22-24)23-8-7-11-3-1-2-4-13(11)23/h1-9H,10H2,(H,20,25)(H2,19,21,27,28). The van der Waals surface area contributed by atoms with E-state index in [4.69, 9.17) is 0 Å². The van der Waals surface area contributed by atoms with Gasteiger partial charge in [0.1, 0.15) is 12.2 Å². The van der Waals surface area contributed by atoms with E-state index in [1.165, 1.54) is 6.07 Å². The molecule has 0 aliphatic carbocycles. The second kappa shape index (κ2) is 6.83. The normalized spacial score (nSPS) is 10.9. The molecule has 0 spiro atoms. The summed E-state index contributed by atoms with van der Waals surface area (Å²) in [4.78, 5) is 51.2. The van der Waals surface area contributed by atoms with Crippen LogP contribution in [0, 0.1) is 0 Å². The molecule has 3 aromatic heterocycles. The largest absolute Gasteiger partial charge is 0.325 e. The third kappa shape index (κ3) is 3.26. The second-order valence-electron chi connectivity index (χ2n) is 5.97. The number of fused-ring (bicyclic) bond motifs is 1. The summed E-state index contributed by atoms with van der Waals surface area (Å²) >= 11 is 0. The predicted molar refractivity (Wildman–Crippen MR) is 102 cm³/mol. The van der Waals surface area contributed by atoms with Gasteiger partial charge in [0.25, 0.3) is 11.1 Å². The Hall–Kier alpha value is -4.21. The first-order valence-corrected chi connectivity index (χ1v) is 8.28. The zero-order valence-electron chi connectivity index (χ0n) is 14.4. The lowest BCUT2D eigenvalue weighted by Gasteiger charge is -2.09. The van der Waals surface area contributed by atoms with Gasteiger partial charge >= 0.3 is 5.69 Å². The molecule has 0 unspecified atom stereocenters. The first-order chi connectivity index (χ1) is 13.5. The van der Waals surface area contributed by atoms with Crippen molar-refractivity contribution in [2.45, 2.75) is 6.54 Å². The molecule has 4 aromatic rings. The highest BCUT2D eigenvalue weighted by atomic mass is 16.2. The molecule has 0 saturated heterocycles. The van der Waals surface area contributed by atoms with E-state index in [1.54, 1.807) is 10.6 Å². The van der Waals surface area contributed by atoms with Gasteiger partial charge in [0.15, 0.2) is 5.82 Å². The number of anilines is 1. The summed E-state index contributed by atoms with van der Waals surface area (Å²) in [7, 11) is 0. The van der Waals surface area contributed by atoms with Crippen LogP contribution >= 0.6 is 0 Å². The number of nitrogens with one attached hydrogen (secondary N) is 3. The summed E-state index contributed by atoms with van der Waals surface area (Å²) in [6.07, 6.45) is 2.90. The van der Waals surface area contributed by atoms with Crippen LogP contribution < -0.4 is 22.1 Å². The molecular formula is C18H14N6O4. The number of amides is 1. The van der Waals surface area contributed by atoms with Crippen LogP contribution in [0.1, 0.15) is 0 Å². The number of rotatable bonds is 4. The number of carbonyl (C=O) groups is 1. The number of H-pyrrole nitrogens is 2. The highest BCUT2D eigenvalue weighted by Crippen LogP contribution is 2.18. The fourth-order valence-corrected chi connectivity index (χ4v) is 2.79. The van der Waals surface area contributed by atoms with Gasteiger partial charge < -0.3 is 10.3 Å². The van der Waals surface area contributed by atoms with Crippen molar-refractivity contribution in [1.29, 1.82) is 0 Å². The van der Waals surface area contributed by atoms with Gasteiger partial charge in [-0.25, -0.2) is 9.48 Å². The zero-order valence-corrected chi connectivity index (χ0v) is 14.4. The quantitative estimate of drug-likeness (QED) is 0.466. The van der Waals surface area contributed by atoms with Crippen molar-refractivity contribution in [2.75, 3.05) is 5.32 Å². The first kappa shape index (κ1) is 17.2. The lowest BCUT2D eigenvalue weighted by Crippen LogP contribution is -2.32. The van der Waals surface area contributed by atoms with Crippen molar-refractivity contribution < 1.29 is 4.79 Å². The van der Waals surface area contributed by atoms with Crippen molar-refractivity contribution in [3.8, 4) is 5.82 Å². The summed E-state index contributed by atoms with van der Waals surface area (Å²) in [6.45, 7) is -0.398. The number of hydrogen-bond acceptors (Lipinski definition) is 5. The minimum atomic E-state index is -0.745. The highest BCUT2D eigenvalue weighted by molar-refractivity contribution is 5.90. The number of nitrogens with zero attached hydrogens (tertiary/aromatic N) is 3. The molecule has 3 heterocycles. The third-order valence-corrected chi connectivity index (χ3v) is 4.09. The van der Waals surface area contributed by atoms with Crippen LogP contribution in [0.3, 0.4) is 0 Å². The van der Waals surface area contributed by atoms with Crippen LogP contribution in [-0.4, -0.2) is 30.2 Å². The Morgan fingerprint density at radius 1 is 1.07 bits per heavy atom. The fraction of sp³-hybridized carbons (Fsp3) is 0.0556. The summed E-state index contributed by atoms with van der Waals surface area (Å²) in [5.41, 5.74) is -1.13. The van der Waals surface area contributed by atoms with Gasteiger partial charge in [-0.1, -0.05) is 18.2 Å². The van der Waals surface area contributed by atoms with Gasteiger partial charge in [0, 0.05) is 18.5 Å². The number of benzene rings is 1. The molecule has 0 aliphatic rings. The number of aromatic nitrogens is 5. The molecule has 0 aliphatic heterocycles. The summed E-state index contributed by atoms with van der Waals surface area (Å²) in [5, 5.41) is 7.59. The van der Waals surface area contributed by atoms with E-state index in [0.717, 1.165) is 21.8 Å². The smallest absolute Gasteiger partial charge is 0.319 e. The first-order valence-electron chi connectivity index (χ1n) is 8.28. The molecule has 0 bridgehead atoms. The molecule has 3 N–H and O–H groups in total. The van der Waals surface area contributed by atoms with E-state index in [9.17, 15) is 19.2 Å². The Morgan fingerprint density at radius 2 is 1.89 bits per heavy atom. The Bertz CT molecular complexity index is 1360. The van der Waals surface area contributed by atoms with Crippen LogP contribution in [0.4, 0.5) is 5.69 Å². The Morgan fingerprint density at radius 3 is 2.71 bits per heavy atom. The van der Waals surface area contributed by atoms with Crippen LogP contribution in [0.25, 0.3) is 16.7 Å². The van der Waals surface area contributed by atoms with Gasteiger partial charge in [-0.05, 0) is 23.6 Å². The number of para-hydroxylation sites is 1. The molecule has 10 nitrogen and oxygen atoms in total. The zero-order chi connectivity index (χ0) is 19.7. The minimum absolute atomic E-state index is 0.134. The molecule has 10 heteroatoms. The van der Waals surface area contributed by atoms with E-state index in [2.05, 4.69) is 15.4 Å². The molecule has 0 fully saturated rings. The van der Waals surface area contributed by atoms with E-state index >= 15 is 0 Å². The van der Waals surface area contributed by atoms with E-state index in [-0.39, 0.29) is 5.69 Å². The van der Waals surface area contributed by atoms with Crippen molar-refractivity contribution in [3.05, 3.63) is 86.1 Å². The molecule has 0 radical (unpaired) electrons. The van der Waals surface area contributed by atoms with Crippen LogP contribution in [0.5, 0.6) is 0 Å². The monoisotopic (exact) mass is 378 g/mol. The van der Waals surface area contributed by atoms with Crippen molar-refractivity contribution >= 4 is 22.5 Å². The average Bonchev–Trinajstić information content (AvgIpc) is 3.10. The van der Waals surface area contributed by atoms with Crippen LogP contribution in [-0.2, 0) is 11.3 Å². The lowest BCUT2D eigenvalue weighted by atomic mass is 10.2. The molecule has 1 aromatic carbocycles. The number of hydrogen-bond donors (Lipinski definition) is 3. The third-order valence-electron chi connectivity index (χ3n) is 4.09. The maximum Gasteiger partial charge on any atom is 0.325 e. The van der Waals surface area contributed by atoms with Crippen molar-refractivity contribution in [2.24, 2.45) is 0 Å². The number of aromatic amines is 2.